The summed E-state index contributed by atoms with van der Waals surface area (Å²) >= 11 is 0. The number of nitrogens with zero attached hydrogens (tertiary/aromatic N) is 2. The molecule has 2 atom stereocenters. The largest absolute Gasteiger partial charge is 0.430 e. The van der Waals surface area contributed by atoms with Crippen LogP contribution in [-0.4, -0.2) is 34.4 Å². The van der Waals surface area contributed by atoms with Crippen LogP contribution in [0, 0.1) is 16.0 Å². The first kappa shape index (κ1) is 27.8. The van der Waals surface area contributed by atoms with Gasteiger partial charge < -0.3 is 4.74 Å². The molecule has 4 rings (SSSR count). The van der Waals surface area contributed by atoms with Crippen LogP contribution in [0.3, 0.4) is 0 Å². The van der Waals surface area contributed by atoms with Crippen molar-refractivity contribution >= 4 is 12.0 Å². The fourth-order valence-corrected chi connectivity index (χ4v) is 5.44. The maximum absolute atomic E-state index is 13.8. The Morgan fingerprint density at radius 3 is 1.97 bits per heavy atom. The number of cyclic esters (lactones) is 1. The molecule has 3 aromatic carbocycles. The van der Waals surface area contributed by atoms with Crippen molar-refractivity contribution in [3.8, 4) is 0 Å². The second-order valence-corrected chi connectivity index (χ2v) is 9.79. The summed E-state index contributed by atoms with van der Waals surface area (Å²) < 4.78 is 47.3. The molecule has 0 aromatic heterocycles. The Morgan fingerprint density at radius 2 is 1.49 bits per heavy atom. The summed E-state index contributed by atoms with van der Waals surface area (Å²) in [5, 5.41) is 11.5. The van der Waals surface area contributed by atoms with Gasteiger partial charge in [0.05, 0.1) is 17.5 Å². The van der Waals surface area contributed by atoms with Gasteiger partial charge in [0.1, 0.15) is 0 Å². The fraction of sp³-hybridized carbons (Fsp3) is 0.310. The number of imide groups is 1. The number of alkyl halides is 3. The lowest BCUT2D eigenvalue weighted by molar-refractivity contribution is -0.483. The molecule has 3 aromatic rings. The lowest BCUT2D eigenvalue weighted by Crippen LogP contribution is -2.50. The Labute approximate surface area is 223 Å². The zero-order valence-corrected chi connectivity index (χ0v) is 21.3. The first-order valence-corrected chi connectivity index (χ1v) is 12.4. The number of ether oxygens (including phenoxy) is 1. The highest BCUT2D eigenvalue weighted by Gasteiger charge is 2.59. The van der Waals surface area contributed by atoms with E-state index in [2.05, 4.69) is 0 Å². The summed E-state index contributed by atoms with van der Waals surface area (Å²) in [7, 11) is 0. The first-order chi connectivity index (χ1) is 18.5. The van der Waals surface area contributed by atoms with Crippen LogP contribution in [0.25, 0.3) is 0 Å². The van der Waals surface area contributed by atoms with E-state index in [1.807, 2.05) is 0 Å². The van der Waals surface area contributed by atoms with Crippen LogP contribution in [0.15, 0.2) is 84.9 Å². The van der Waals surface area contributed by atoms with Gasteiger partial charge in [0.2, 0.25) is 12.5 Å². The Hall–Kier alpha value is -4.21. The van der Waals surface area contributed by atoms with Gasteiger partial charge >= 0.3 is 12.3 Å². The van der Waals surface area contributed by atoms with Crippen molar-refractivity contribution in [3.05, 3.63) is 117 Å². The monoisotopic (exact) mass is 540 g/mol. The van der Waals surface area contributed by atoms with Crippen LogP contribution in [0.1, 0.15) is 48.4 Å². The lowest BCUT2D eigenvalue weighted by atomic mass is 9.75. The highest BCUT2D eigenvalue weighted by molar-refractivity contribution is 5.95. The molecule has 1 aliphatic heterocycles. The normalized spacial score (nSPS) is 17.6. The summed E-state index contributed by atoms with van der Waals surface area (Å²) in [5.74, 6) is -2.62. The van der Waals surface area contributed by atoms with Crippen LogP contribution >= 0.6 is 0 Å². The molecule has 2 unspecified atom stereocenters. The maximum atomic E-state index is 13.8. The molecule has 10 heteroatoms. The molecule has 1 saturated heterocycles. The Bertz CT molecular complexity index is 1310. The van der Waals surface area contributed by atoms with Crippen molar-refractivity contribution in [1.82, 2.24) is 4.90 Å². The second-order valence-electron chi connectivity index (χ2n) is 9.79. The Balaban J connectivity index is 1.80. The molecule has 1 aliphatic rings. The molecular formula is C29H27F3N2O5. The second kappa shape index (κ2) is 10.9. The van der Waals surface area contributed by atoms with E-state index < -0.39 is 59.2 Å². The molecule has 0 N–H and O–H groups in total. The van der Waals surface area contributed by atoms with Gasteiger partial charge in [-0.25, -0.2) is 9.69 Å². The molecule has 1 fully saturated rings. The molecule has 0 bridgehead atoms. The lowest BCUT2D eigenvalue weighted by Gasteiger charge is -2.37. The van der Waals surface area contributed by atoms with E-state index in [1.165, 1.54) is 12.1 Å². The fourth-order valence-electron chi connectivity index (χ4n) is 5.44. The molecule has 0 spiro atoms. The molecule has 7 nitrogen and oxygen atoms in total. The van der Waals surface area contributed by atoms with Crippen molar-refractivity contribution in [1.29, 1.82) is 0 Å². The van der Waals surface area contributed by atoms with Crippen molar-refractivity contribution < 1.29 is 32.4 Å². The Kier molecular flexibility index (Phi) is 7.76. The van der Waals surface area contributed by atoms with Crippen LogP contribution in [0.4, 0.5) is 18.0 Å². The molecule has 204 valence electrons. The summed E-state index contributed by atoms with van der Waals surface area (Å²) in [6.45, 7) is 2.69. The molecular weight excluding hydrogens is 513 g/mol. The molecule has 39 heavy (non-hydrogen) atoms. The van der Waals surface area contributed by atoms with Crippen LogP contribution in [0.5, 0.6) is 0 Å². The van der Waals surface area contributed by atoms with Gasteiger partial charge in [-0.2, -0.15) is 13.2 Å². The van der Waals surface area contributed by atoms with Crippen LogP contribution in [0.2, 0.25) is 0 Å². The third-order valence-corrected chi connectivity index (χ3v) is 6.94. The minimum Gasteiger partial charge on any atom is -0.430 e. The number of benzene rings is 3. The van der Waals surface area contributed by atoms with Crippen LogP contribution in [-0.2, 0) is 21.3 Å². The van der Waals surface area contributed by atoms with E-state index in [1.54, 1.807) is 74.5 Å². The number of carbonyl (C=O) groups is 2. The number of nitro groups is 1. The molecule has 1 heterocycles. The SMILES string of the molecule is CC(C)C1N(C(=O)CC(C[N+](=O)[O-])c2ccccc2C(F)(F)F)C(=O)OC1(c1ccccc1)c1ccccc1. The predicted molar refractivity (Wildman–Crippen MR) is 136 cm³/mol. The number of hydrogen-bond acceptors (Lipinski definition) is 5. The van der Waals surface area contributed by atoms with Gasteiger partial charge in [-0.15, -0.1) is 0 Å². The topological polar surface area (TPSA) is 89.8 Å². The first-order valence-electron chi connectivity index (χ1n) is 12.4. The van der Waals surface area contributed by atoms with E-state index in [-0.39, 0.29) is 11.5 Å². The zero-order valence-electron chi connectivity index (χ0n) is 21.3. The maximum Gasteiger partial charge on any atom is 0.418 e. The van der Waals surface area contributed by atoms with Crippen molar-refractivity contribution in [2.75, 3.05) is 6.54 Å². The number of halogens is 3. The standard InChI is InChI=1S/C29H27F3N2O5/c1-19(2)26-28(21-11-5-3-6-12-21,22-13-7-4-8-14-22)39-27(36)34(26)25(35)17-20(18-33(37)38)23-15-9-10-16-24(23)29(30,31)32/h3-16,19-20,26H,17-18H2,1-2H3. The van der Waals surface area contributed by atoms with Gasteiger partial charge in [0, 0.05) is 22.5 Å². The quantitative estimate of drug-likeness (QED) is 0.244. The zero-order chi connectivity index (χ0) is 28.4. The molecule has 0 radical (unpaired) electrons. The third kappa shape index (κ3) is 5.36. The van der Waals surface area contributed by atoms with Gasteiger partial charge in [0.25, 0.3) is 0 Å². The van der Waals surface area contributed by atoms with Crippen LogP contribution < -0.4 is 0 Å². The third-order valence-electron chi connectivity index (χ3n) is 6.94. The summed E-state index contributed by atoms with van der Waals surface area (Å²) in [4.78, 5) is 38.8. The van der Waals surface area contributed by atoms with Crippen molar-refractivity contribution in [3.63, 3.8) is 0 Å². The molecule has 0 aliphatic carbocycles. The minimum atomic E-state index is -4.78. The highest BCUT2D eigenvalue weighted by atomic mass is 19.4. The number of hydrogen-bond donors (Lipinski definition) is 0. The van der Waals surface area contributed by atoms with E-state index in [9.17, 15) is 32.9 Å². The van der Waals surface area contributed by atoms with Crippen molar-refractivity contribution in [2.45, 2.75) is 44.0 Å². The van der Waals surface area contributed by atoms with E-state index in [0.717, 1.165) is 17.0 Å². The van der Waals surface area contributed by atoms with Crippen molar-refractivity contribution in [2.24, 2.45) is 5.92 Å². The minimum absolute atomic E-state index is 0.350. The summed E-state index contributed by atoms with van der Waals surface area (Å²) in [6.07, 6.45) is -6.43. The molecule has 0 saturated carbocycles. The number of carbonyl (C=O) groups excluding carboxylic acids is 2. The summed E-state index contributed by atoms with van der Waals surface area (Å²) in [5.41, 5.74) is -1.60. The highest BCUT2D eigenvalue weighted by Crippen LogP contribution is 2.48. The smallest absolute Gasteiger partial charge is 0.418 e. The van der Waals surface area contributed by atoms with Gasteiger partial charge in [-0.3, -0.25) is 14.9 Å². The number of amides is 2. The summed E-state index contributed by atoms with van der Waals surface area (Å²) in [6, 6.07) is 21.4. The van der Waals surface area contributed by atoms with Gasteiger partial charge in [0.15, 0.2) is 5.60 Å². The van der Waals surface area contributed by atoms with Gasteiger partial charge in [-0.1, -0.05) is 92.7 Å². The average Bonchev–Trinajstić information content (AvgIpc) is 3.23. The van der Waals surface area contributed by atoms with E-state index >= 15 is 0 Å². The van der Waals surface area contributed by atoms with E-state index in [0.29, 0.717) is 11.1 Å². The number of rotatable bonds is 8. The van der Waals surface area contributed by atoms with Gasteiger partial charge in [-0.05, 0) is 17.5 Å². The predicted octanol–water partition coefficient (Wildman–Crippen LogP) is 6.40. The molecule has 2 amide bonds. The van der Waals surface area contributed by atoms with E-state index in [4.69, 9.17) is 4.74 Å². The average molecular weight is 541 g/mol. The Morgan fingerprint density at radius 1 is 0.974 bits per heavy atom.